The number of carbonyl (C=O) groups is 1. The quantitative estimate of drug-likeness (QED) is 0.876. The van der Waals surface area contributed by atoms with E-state index in [1.165, 1.54) is 0 Å². The Morgan fingerprint density at radius 3 is 2.74 bits per heavy atom. The third kappa shape index (κ3) is 2.82. The minimum atomic E-state index is -0.961. The Morgan fingerprint density at radius 1 is 1.37 bits per heavy atom. The van der Waals surface area contributed by atoms with E-state index in [9.17, 15) is 9.90 Å². The number of aromatic carboxylic acids is 1. The van der Waals surface area contributed by atoms with E-state index in [1.807, 2.05) is 11.9 Å². The van der Waals surface area contributed by atoms with Crippen molar-refractivity contribution < 1.29 is 15.0 Å². The number of carboxylic acids is 1. The van der Waals surface area contributed by atoms with Crippen LogP contribution in [0.3, 0.4) is 0 Å². The maximum Gasteiger partial charge on any atom is 0.336 e. The number of anilines is 1. The van der Waals surface area contributed by atoms with E-state index >= 15 is 0 Å². The van der Waals surface area contributed by atoms with Crippen molar-refractivity contribution in [2.45, 2.75) is 13.0 Å². The Labute approximate surface area is 111 Å². The number of hydrogen-bond acceptors (Lipinski definition) is 4. The number of fused-ring (bicyclic) bond motifs is 1. The average Bonchev–Trinajstić information content (AvgIpc) is 2.36. The number of hydrogen-bond donors (Lipinski definition) is 2. The van der Waals surface area contributed by atoms with Crippen LogP contribution in [-0.2, 0) is 0 Å². The van der Waals surface area contributed by atoms with Crippen molar-refractivity contribution in [2.75, 3.05) is 18.5 Å². The van der Waals surface area contributed by atoms with Gasteiger partial charge in [0.05, 0.1) is 17.2 Å². The second-order valence-corrected chi connectivity index (χ2v) is 4.58. The number of likely N-dealkylation sites (N-methyl/N-ethyl adjacent to an activating group) is 1. The summed E-state index contributed by atoms with van der Waals surface area (Å²) >= 11 is 0. The molecule has 2 N–H and O–H groups in total. The molecule has 1 atom stereocenters. The predicted octanol–water partition coefficient (Wildman–Crippen LogP) is 1.75. The van der Waals surface area contributed by atoms with E-state index in [4.69, 9.17) is 5.11 Å². The Balaban J connectivity index is 2.44. The summed E-state index contributed by atoms with van der Waals surface area (Å²) in [5.41, 5.74) is 0.879. The Bertz CT molecular complexity index is 611. The third-order valence-electron chi connectivity index (χ3n) is 2.88. The fourth-order valence-corrected chi connectivity index (χ4v) is 2.03. The highest BCUT2D eigenvalue weighted by molar-refractivity contribution is 6.02. The lowest BCUT2D eigenvalue weighted by Gasteiger charge is -2.20. The molecule has 5 nitrogen and oxygen atoms in total. The topological polar surface area (TPSA) is 73.7 Å². The van der Waals surface area contributed by atoms with Crippen LogP contribution in [0.5, 0.6) is 0 Å². The molecule has 0 spiro atoms. The largest absolute Gasteiger partial charge is 0.478 e. The molecule has 2 rings (SSSR count). The van der Waals surface area contributed by atoms with Crippen LogP contribution in [0.1, 0.15) is 17.3 Å². The summed E-state index contributed by atoms with van der Waals surface area (Å²) in [6, 6.07) is 8.53. The van der Waals surface area contributed by atoms with Gasteiger partial charge in [0.1, 0.15) is 5.82 Å². The first-order valence-electron chi connectivity index (χ1n) is 6.01. The van der Waals surface area contributed by atoms with E-state index in [0.29, 0.717) is 23.3 Å². The van der Waals surface area contributed by atoms with Crippen molar-refractivity contribution in [3.05, 3.63) is 35.9 Å². The van der Waals surface area contributed by atoms with Crippen molar-refractivity contribution in [1.82, 2.24) is 4.98 Å². The fourth-order valence-electron chi connectivity index (χ4n) is 2.03. The normalized spacial score (nSPS) is 12.4. The second kappa shape index (κ2) is 5.24. The van der Waals surface area contributed by atoms with Gasteiger partial charge in [0.15, 0.2) is 0 Å². The first kappa shape index (κ1) is 13.3. The van der Waals surface area contributed by atoms with Crippen LogP contribution >= 0.6 is 0 Å². The van der Waals surface area contributed by atoms with Gasteiger partial charge < -0.3 is 15.1 Å². The van der Waals surface area contributed by atoms with Crippen LogP contribution in [0.15, 0.2) is 30.3 Å². The van der Waals surface area contributed by atoms with Crippen LogP contribution in [0.2, 0.25) is 0 Å². The molecule has 2 aromatic rings. The molecule has 1 heterocycles. The number of carboxylic acid groups (broad SMARTS) is 1. The molecule has 0 bridgehead atoms. The van der Waals surface area contributed by atoms with Gasteiger partial charge in [-0.05, 0) is 31.2 Å². The van der Waals surface area contributed by atoms with Gasteiger partial charge in [0, 0.05) is 19.0 Å². The van der Waals surface area contributed by atoms with Crippen LogP contribution in [0.25, 0.3) is 10.9 Å². The van der Waals surface area contributed by atoms with Crippen LogP contribution < -0.4 is 4.90 Å². The highest BCUT2D eigenvalue weighted by Gasteiger charge is 2.11. The highest BCUT2D eigenvalue weighted by atomic mass is 16.4. The lowest BCUT2D eigenvalue weighted by Crippen LogP contribution is -2.27. The van der Waals surface area contributed by atoms with Gasteiger partial charge in [-0.15, -0.1) is 0 Å². The minimum Gasteiger partial charge on any atom is -0.478 e. The summed E-state index contributed by atoms with van der Waals surface area (Å²) in [4.78, 5) is 17.4. The lowest BCUT2D eigenvalue weighted by atomic mass is 10.1. The molecule has 0 aliphatic carbocycles. The van der Waals surface area contributed by atoms with Gasteiger partial charge in [0.2, 0.25) is 0 Å². The summed E-state index contributed by atoms with van der Waals surface area (Å²) in [5.74, 6) is -0.256. The third-order valence-corrected chi connectivity index (χ3v) is 2.88. The van der Waals surface area contributed by atoms with Crippen LogP contribution in [0.4, 0.5) is 5.82 Å². The number of pyridine rings is 1. The number of nitrogens with zero attached hydrogens (tertiary/aromatic N) is 2. The number of benzene rings is 1. The standard InChI is InChI=1S/C14H16N2O3/c1-9(17)8-16(2)13-7-6-10-11(14(18)19)4-3-5-12(10)15-13/h3-7,9,17H,8H2,1-2H3,(H,18,19). The molecule has 0 saturated heterocycles. The molecule has 0 aliphatic rings. The average molecular weight is 260 g/mol. The summed E-state index contributed by atoms with van der Waals surface area (Å²) < 4.78 is 0. The molecule has 1 aromatic heterocycles. The van der Waals surface area contributed by atoms with Gasteiger partial charge >= 0.3 is 5.97 Å². The van der Waals surface area contributed by atoms with Crippen molar-refractivity contribution in [3.63, 3.8) is 0 Å². The molecule has 0 amide bonds. The zero-order valence-corrected chi connectivity index (χ0v) is 10.9. The Kier molecular flexibility index (Phi) is 3.66. The highest BCUT2D eigenvalue weighted by Crippen LogP contribution is 2.21. The van der Waals surface area contributed by atoms with E-state index in [-0.39, 0.29) is 5.56 Å². The van der Waals surface area contributed by atoms with E-state index in [2.05, 4.69) is 4.98 Å². The Hall–Kier alpha value is -2.14. The molecule has 0 aliphatic heterocycles. The predicted molar refractivity (Wildman–Crippen MR) is 73.7 cm³/mol. The Morgan fingerprint density at radius 2 is 2.11 bits per heavy atom. The van der Waals surface area contributed by atoms with Crippen molar-refractivity contribution in [3.8, 4) is 0 Å². The van der Waals surface area contributed by atoms with Crippen molar-refractivity contribution in [2.24, 2.45) is 0 Å². The number of aromatic nitrogens is 1. The molecule has 0 fully saturated rings. The van der Waals surface area contributed by atoms with E-state index in [0.717, 1.165) is 0 Å². The van der Waals surface area contributed by atoms with Crippen LogP contribution in [-0.4, -0.2) is 40.9 Å². The van der Waals surface area contributed by atoms with E-state index < -0.39 is 12.1 Å². The molecule has 1 aromatic carbocycles. The fraction of sp³-hybridized carbons (Fsp3) is 0.286. The molecular weight excluding hydrogens is 244 g/mol. The second-order valence-electron chi connectivity index (χ2n) is 4.58. The SMILES string of the molecule is CC(O)CN(C)c1ccc2c(C(=O)O)cccc2n1. The maximum atomic E-state index is 11.1. The molecule has 0 saturated carbocycles. The molecular formula is C14H16N2O3. The minimum absolute atomic E-state index is 0.245. The number of aliphatic hydroxyl groups excluding tert-OH is 1. The van der Waals surface area contributed by atoms with Crippen LogP contribution in [0, 0.1) is 0 Å². The summed E-state index contributed by atoms with van der Waals surface area (Å²) in [6.07, 6.45) is -0.451. The molecule has 100 valence electrons. The molecule has 0 radical (unpaired) electrons. The zero-order valence-electron chi connectivity index (χ0n) is 10.9. The van der Waals surface area contributed by atoms with Gasteiger partial charge in [-0.1, -0.05) is 6.07 Å². The van der Waals surface area contributed by atoms with E-state index in [1.54, 1.807) is 37.3 Å². The summed E-state index contributed by atoms with van der Waals surface area (Å²) in [7, 11) is 1.84. The smallest absolute Gasteiger partial charge is 0.336 e. The first-order valence-corrected chi connectivity index (χ1v) is 6.01. The lowest BCUT2D eigenvalue weighted by molar-refractivity contribution is 0.0699. The van der Waals surface area contributed by atoms with Gasteiger partial charge in [-0.25, -0.2) is 9.78 Å². The zero-order chi connectivity index (χ0) is 14.0. The monoisotopic (exact) mass is 260 g/mol. The van der Waals surface area contributed by atoms with Gasteiger partial charge in [-0.2, -0.15) is 0 Å². The first-order chi connectivity index (χ1) is 8.99. The molecule has 1 unspecified atom stereocenters. The summed E-state index contributed by atoms with van der Waals surface area (Å²) in [6.45, 7) is 2.18. The summed E-state index contributed by atoms with van der Waals surface area (Å²) in [5, 5.41) is 19.1. The molecule has 19 heavy (non-hydrogen) atoms. The number of rotatable bonds is 4. The van der Waals surface area contributed by atoms with Crippen molar-refractivity contribution in [1.29, 1.82) is 0 Å². The van der Waals surface area contributed by atoms with Crippen molar-refractivity contribution >= 4 is 22.7 Å². The number of aliphatic hydroxyl groups is 1. The maximum absolute atomic E-state index is 11.1. The molecule has 5 heteroatoms. The van der Waals surface area contributed by atoms with Gasteiger partial charge in [-0.3, -0.25) is 0 Å². The van der Waals surface area contributed by atoms with Gasteiger partial charge in [0.25, 0.3) is 0 Å².